The highest BCUT2D eigenvalue weighted by Gasteiger charge is 2.59. The summed E-state index contributed by atoms with van der Waals surface area (Å²) in [5.41, 5.74) is 1.77. The molecule has 1 aliphatic heterocycles. The number of hydrogen-bond acceptors (Lipinski definition) is 5. The Balaban J connectivity index is 1.23. The quantitative estimate of drug-likeness (QED) is 0.216. The average molecular weight is 545 g/mol. The van der Waals surface area contributed by atoms with Crippen molar-refractivity contribution in [1.82, 2.24) is 5.01 Å². The van der Waals surface area contributed by atoms with Crippen LogP contribution in [-0.2, 0) is 16.2 Å². The summed E-state index contributed by atoms with van der Waals surface area (Å²) in [5, 5.41) is 7.66. The molecule has 1 saturated heterocycles. The highest BCUT2D eigenvalue weighted by atomic mass is 79.9. The minimum absolute atomic E-state index is 0.161. The van der Waals surface area contributed by atoms with Gasteiger partial charge in [-0.3, -0.25) is 9.59 Å². The molecule has 1 saturated carbocycles. The molecule has 0 unspecified atom stereocenters. The van der Waals surface area contributed by atoms with E-state index in [9.17, 15) is 9.59 Å². The average Bonchev–Trinajstić information content (AvgIpc) is 3.56. The molecule has 0 radical (unpaired) electrons. The third kappa shape index (κ3) is 3.82. The van der Waals surface area contributed by atoms with Crippen LogP contribution in [0.1, 0.15) is 24.5 Å². The van der Waals surface area contributed by atoms with Crippen molar-refractivity contribution in [1.29, 1.82) is 0 Å². The number of carbonyl (C=O) groups excluding carboxylic acids is 2. The van der Waals surface area contributed by atoms with Gasteiger partial charge in [-0.05, 0) is 75.1 Å². The zero-order valence-electron chi connectivity index (χ0n) is 19.8. The number of halogens is 1. The second-order valence-electron chi connectivity index (χ2n) is 9.42. The van der Waals surface area contributed by atoms with E-state index in [0.29, 0.717) is 34.7 Å². The molecule has 2 amide bonds. The van der Waals surface area contributed by atoms with Gasteiger partial charge in [0.2, 0.25) is 0 Å². The van der Waals surface area contributed by atoms with Crippen LogP contribution in [0.4, 0.5) is 0 Å². The minimum Gasteiger partial charge on any atom is -0.490 e. The number of allylic oxidation sites excluding steroid dienone is 2. The van der Waals surface area contributed by atoms with E-state index in [-0.39, 0.29) is 35.5 Å². The van der Waals surface area contributed by atoms with Crippen LogP contribution in [0.15, 0.2) is 76.3 Å². The summed E-state index contributed by atoms with van der Waals surface area (Å²) in [6.45, 7) is 2.75. The van der Waals surface area contributed by atoms with Gasteiger partial charge in [-0.15, -0.1) is 0 Å². The third-order valence-electron chi connectivity index (χ3n) is 7.35. The summed E-state index contributed by atoms with van der Waals surface area (Å²) >= 11 is 3.61. The summed E-state index contributed by atoms with van der Waals surface area (Å²) in [7, 11) is 0. The largest absolute Gasteiger partial charge is 0.490 e. The molecule has 6 nitrogen and oxygen atoms in total. The van der Waals surface area contributed by atoms with Gasteiger partial charge in [0.1, 0.15) is 6.61 Å². The maximum Gasteiger partial charge on any atom is 0.254 e. The zero-order chi connectivity index (χ0) is 24.8. The SMILES string of the molecule is CCOc1cc(/C=N\N2C(=O)[C@@H]3[C@H](C2=O)[C@H]2C=C[C@H]3C2)cc(Br)c1OCc1cccc2ccccc12. The lowest BCUT2D eigenvalue weighted by Gasteiger charge is -2.16. The van der Waals surface area contributed by atoms with Crippen molar-refractivity contribution in [3.05, 3.63) is 82.3 Å². The van der Waals surface area contributed by atoms with E-state index >= 15 is 0 Å². The van der Waals surface area contributed by atoms with Crippen molar-refractivity contribution in [2.24, 2.45) is 28.8 Å². The number of ether oxygens (including phenoxy) is 2. The normalized spacial score (nSPS) is 24.3. The third-order valence-corrected chi connectivity index (χ3v) is 7.94. The van der Waals surface area contributed by atoms with Gasteiger partial charge in [0.25, 0.3) is 11.8 Å². The van der Waals surface area contributed by atoms with Crippen molar-refractivity contribution >= 4 is 44.7 Å². The van der Waals surface area contributed by atoms with Gasteiger partial charge in [0.05, 0.1) is 29.1 Å². The van der Waals surface area contributed by atoms with Gasteiger partial charge in [-0.2, -0.15) is 10.1 Å². The number of fused-ring (bicyclic) bond motifs is 6. The van der Waals surface area contributed by atoms with Gasteiger partial charge in [0.15, 0.2) is 11.5 Å². The molecule has 36 heavy (non-hydrogen) atoms. The molecule has 4 atom stereocenters. The monoisotopic (exact) mass is 544 g/mol. The summed E-state index contributed by atoms with van der Waals surface area (Å²) in [4.78, 5) is 25.8. The van der Waals surface area contributed by atoms with Crippen LogP contribution in [0.25, 0.3) is 10.8 Å². The Morgan fingerprint density at radius 2 is 1.72 bits per heavy atom. The molecule has 2 aliphatic carbocycles. The summed E-state index contributed by atoms with van der Waals surface area (Å²) < 4.78 is 12.8. The van der Waals surface area contributed by atoms with Crippen LogP contribution >= 0.6 is 15.9 Å². The Morgan fingerprint density at radius 1 is 1.00 bits per heavy atom. The van der Waals surface area contributed by atoms with Crippen molar-refractivity contribution < 1.29 is 19.1 Å². The fourth-order valence-corrected chi connectivity index (χ4v) is 6.33. The second-order valence-corrected chi connectivity index (χ2v) is 10.3. The molecule has 182 valence electrons. The molecule has 3 aromatic carbocycles. The molecule has 3 aliphatic rings. The van der Waals surface area contributed by atoms with Crippen LogP contribution < -0.4 is 9.47 Å². The van der Waals surface area contributed by atoms with E-state index in [1.807, 2.05) is 37.3 Å². The molecular weight excluding hydrogens is 520 g/mol. The Labute approximate surface area is 217 Å². The molecule has 1 heterocycles. The number of amides is 2. The maximum absolute atomic E-state index is 12.9. The molecule has 3 aromatic rings. The molecule has 6 rings (SSSR count). The molecule has 7 heteroatoms. The van der Waals surface area contributed by atoms with Crippen molar-refractivity contribution in [2.75, 3.05) is 6.61 Å². The van der Waals surface area contributed by atoms with E-state index in [0.717, 1.165) is 27.8 Å². The van der Waals surface area contributed by atoms with Gasteiger partial charge in [0, 0.05) is 0 Å². The fourth-order valence-electron chi connectivity index (χ4n) is 5.76. The number of rotatable bonds is 7. The Kier molecular flexibility index (Phi) is 5.88. The molecular formula is C29H25BrN2O4. The van der Waals surface area contributed by atoms with Crippen molar-refractivity contribution in [3.63, 3.8) is 0 Å². The lowest BCUT2D eigenvalue weighted by Crippen LogP contribution is -2.28. The van der Waals surface area contributed by atoms with E-state index in [1.54, 1.807) is 0 Å². The van der Waals surface area contributed by atoms with Gasteiger partial charge >= 0.3 is 0 Å². The standard InChI is InChI=1S/C29H25BrN2O4/c1-2-35-24-13-17(15-31-32-28(33)25-19-10-11-20(14-19)26(25)29(32)34)12-23(30)27(24)36-16-21-8-5-7-18-6-3-4-9-22(18)21/h3-13,15,19-20,25-26H,2,14,16H2,1H3/b31-15-/t19-,20-,25-,26+/m0/s1. The number of nitrogens with zero attached hydrogens (tertiary/aromatic N) is 2. The number of hydrazone groups is 1. The number of imide groups is 1. The van der Waals surface area contributed by atoms with Crippen LogP contribution in [0.3, 0.4) is 0 Å². The van der Waals surface area contributed by atoms with E-state index in [4.69, 9.17) is 9.47 Å². The molecule has 0 aromatic heterocycles. The Bertz CT molecular complexity index is 1400. The first-order valence-corrected chi connectivity index (χ1v) is 13.0. The predicted octanol–water partition coefficient (Wildman–Crippen LogP) is 5.72. The molecule has 2 fully saturated rings. The van der Waals surface area contributed by atoms with Crippen LogP contribution in [0, 0.1) is 23.7 Å². The minimum atomic E-state index is -0.264. The first-order chi connectivity index (χ1) is 17.5. The Hall–Kier alpha value is -3.45. The van der Waals surface area contributed by atoms with E-state index in [2.05, 4.69) is 57.4 Å². The lowest BCUT2D eigenvalue weighted by molar-refractivity contribution is -0.140. The predicted molar refractivity (Wildman–Crippen MR) is 141 cm³/mol. The summed E-state index contributed by atoms with van der Waals surface area (Å²) in [6.07, 6.45) is 6.59. The maximum atomic E-state index is 12.9. The first kappa shape index (κ1) is 23.0. The highest BCUT2D eigenvalue weighted by Crippen LogP contribution is 2.52. The smallest absolute Gasteiger partial charge is 0.254 e. The fraction of sp³-hybridized carbons (Fsp3) is 0.276. The Morgan fingerprint density at radius 3 is 2.47 bits per heavy atom. The van der Waals surface area contributed by atoms with Gasteiger partial charge in [-0.25, -0.2) is 0 Å². The van der Waals surface area contributed by atoms with E-state index < -0.39 is 0 Å². The lowest BCUT2D eigenvalue weighted by atomic mass is 9.85. The molecule has 0 spiro atoms. The zero-order valence-corrected chi connectivity index (χ0v) is 21.4. The van der Waals surface area contributed by atoms with Gasteiger partial charge in [-0.1, -0.05) is 54.6 Å². The van der Waals surface area contributed by atoms with Crippen molar-refractivity contribution in [2.45, 2.75) is 20.0 Å². The first-order valence-electron chi connectivity index (χ1n) is 12.2. The second kappa shape index (κ2) is 9.21. The topological polar surface area (TPSA) is 68.2 Å². The number of benzene rings is 3. The van der Waals surface area contributed by atoms with Crippen molar-refractivity contribution in [3.8, 4) is 11.5 Å². The summed E-state index contributed by atoms with van der Waals surface area (Å²) in [5.74, 6) is 0.552. The van der Waals surface area contributed by atoms with Crippen LogP contribution in [-0.4, -0.2) is 29.6 Å². The van der Waals surface area contributed by atoms with Crippen LogP contribution in [0.5, 0.6) is 11.5 Å². The highest BCUT2D eigenvalue weighted by molar-refractivity contribution is 9.10. The molecule has 2 bridgehead atoms. The molecule has 0 N–H and O–H groups in total. The summed E-state index contributed by atoms with van der Waals surface area (Å²) in [6, 6.07) is 18.0. The number of hydrogen-bond donors (Lipinski definition) is 0. The number of carbonyl (C=O) groups is 2. The van der Waals surface area contributed by atoms with E-state index in [1.165, 1.54) is 6.21 Å². The van der Waals surface area contributed by atoms with Gasteiger partial charge < -0.3 is 9.47 Å². The van der Waals surface area contributed by atoms with Crippen LogP contribution in [0.2, 0.25) is 0 Å².